The molecule has 98 valence electrons. The first-order chi connectivity index (χ1) is 9.11. The van der Waals surface area contributed by atoms with E-state index in [1.54, 1.807) is 30.6 Å². The maximum Gasteiger partial charge on any atom is 0.262 e. The number of pyridine rings is 2. The molecule has 2 rings (SSSR count). The van der Waals surface area contributed by atoms with Crippen LogP contribution in [0.5, 0.6) is 5.88 Å². The topological polar surface area (TPSA) is 64.1 Å². The molecule has 2 heterocycles. The van der Waals surface area contributed by atoms with Crippen molar-refractivity contribution in [1.29, 1.82) is 0 Å². The van der Waals surface area contributed by atoms with Crippen molar-refractivity contribution in [3.05, 3.63) is 46.2 Å². The highest BCUT2D eigenvalue weighted by molar-refractivity contribution is 9.10. The molecule has 0 aliphatic carbocycles. The molecule has 0 aromatic carbocycles. The van der Waals surface area contributed by atoms with E-state index in [1.807, 2.05) is 6.92 Å². The van der Waals surface area contributed by atoms with Crippen LogP contribution in [0.3, 0.4) is 0 Å². The second kappa shape index (κ2) is 5.79. The first-order valence-corrected chi connectivity index (χ1v) is 6.33. The number of carbonyl (C=O) groups is 1. The second-order valence-electron chi connectivity index (χ2n) is 3.83. The highest BCUT2D eigenvalue weighted by Crippen LogP contribution is 2.19. The molecular weight excluding hydrogens is 310 g/mol. The van der Waals surface area contributed by atoms with Crippen LogP contribution in [0, 0.1) is 6.92 Å². The summed E-state index contributed by atoms with van der Waals surface area (Å²) in [4.78, 5) is 20.2. The number of nitrogens with zero attached hydrogens (tertiary/aromatic N) is 2. The highest BCUT2D eigenvalue weighted by Gasteiger charge is 2.13. The van der Waals surface area contributed by atoms with Crippen molar-refractivity contribution in [3.8, 4) is 5.88 Å². The Bertz CT molecular complexity index is 617. The van der Waals surface area contributed by atoms with Crippen LogP contribution in [0.4, 0.5) is 5.82 Å². The maximum atomic E-state index is 12.1. The number of aromatic nitrogens is 2. The molecule has 0 saturated heterocycles. The van der Waals surface area contributed by atoms with Gasteiger partial charge in [0.1, 0.15) is 11.4 Å². The molecule has 0 saturated carbocycles. The Balaban J connectivity index is 2.23. The Labute approximate surface area is 119 Å². The molecule has 0 unspecified atom stereocenters. The van der Waals surface area contributed by atoms with Crippen molar-refractivity contribution in [3.63, 3.8) is 0 Å². The molecule has 0 aliphatic rings. The zero-order valence-corrected chi connectivity index (χ0v) is 12.1. The Kier molecular flexibility index (Phi) is 4.11. The van der Waals surface area contributed by atoms with Crippen LogP contribution in [-0.4, -0.2) is 23.0 Å². The molecular formula is C13H12BrN3O2. The number of aryl methyl sites for hydroxylation is 1. The summed E-state index contributed by atoms with van der Waals surface area (Å²) < 4.78 is 5.94. The van der Waals surface area contributed by atoms with Gasteiger partial charge in [-0.05, 0) is 46.6 Å². The third-order valence-electron chi connectivity index (χ3n) is 2.50. The van der Waals surface area contributed by atoms with Crippen molar-refractivity contribution in [2.24, 2.45) is 0 Å². The van der Waals surface area contributed by atoms with Crippen molar-refractivity contribution in [2.45, 2.75) is 6.92 Å². The van der Waals surface area contributed by atoms with Crippen LogP contribution in [0.1, 0.15) is 15.9 Å². The van der Waals surface area contributed by atoms with Gasteiger partial charge < -0.3 is 10.1 Å². The van der Waals surface area contributed by atoms with Gasteiger partial charge in [0.05, 0.1) is 7.11 Å². The van der Waals surface area contributed by atoms with Crippen molar-refractivity contribution in [2.75, 3.05) is 12.4 Å². The van der Waals surface area contributed by atoms with Crippen LogP contribution < -0.4 is 10.1 Å². The fourth-order valence-electron chi connectivity index (χ4n) is 1.52. The zero-order chi connectivity index (χ0) is 13.8. The normalized spacial score (nSPS) is 10.1. The lowest BCUT2D eigenvalue weighted by atomic mass is 10.2. The molecule has 0 atom stereocenters. The summed E-state index contributed by atoms with van der Waals surface area (Å²) in [5.74, 6) is 0.463. The number of carbonyl (C=O) groups excluding carboxylic acids is 1. The largest absolute Gasteiger partial charge is 0.480 e. The second-order valence-corrected chi connectivity index (χ2v) is 4.69. The van der Waals surface area contributed by atoms with Gasteiger partial charge in [0.25, 0.3) is 5.91 Å². The molecule has 0 fully saturated rings. The molecule has 5 nitrogen and oxygen atoms in total. The molecule has 19 heavy (non-hydrogen) atoms. The van der Waals surface area contributed by atoms with Crippen LogP contribution >= 0.6 is 15.9 Å². The predicted octanol–water partition coefficient (Wildman–Crippen LogP) is 2.81. The van der Waals surface area contributed by atoms with E-state index in [0.29, 0.717) is 11.4 Å². The van der Waals surface area contributed by atoms with E-state index in [1.165, 1.54) is 7.11 Å². The van der Waals surface area contributed by atoms with E-state index in [9.17, 15) is 4.79 Å². The number of nitrogens with one attached hydrogen (secondary N) is 1. The zero-order valence-electron chi connectivity index (χ0n) is 10.5. The van der Waals surface area contributed by atoms with Crippen molar-refractivity contribution < 1.29 is 9.53 Å². The minimum atomic E-state index is -0.306. The lowest BCUT2D eigenvalue weighted by Gasteiger charge is -2.08. The Morgan fingerprint density at radius 1 is 1.42 bits per heavy atom. The lowest BCUT2D eigenvalue weighted by molar-refractivity contribution is 0.102. The summed E-state index contributed by atoms with van der Waals surface area (Å²) in [6.45, 7) is 1.92. The van der Waals surface area contributed by atoms with E-state index < -0.39 is 0 Å². The maximum absolute atomic E-state index is 12.1. The Hall–Kier alpha value is -1.95. The van der Waals surface area contributed by atoms with Gasteiger partial charge in [0.15, 0.2) is 0 Å². The van der Waals surface area contributed by atoms with Gasteiger partial charge in [0.2, 0.25) is 5.88 Å². The number of halogens is 1. The molecule has 6 heteroatoms. The summed E-state index contributed by atoms with van der Waals surface area (Å²) in [5, 5.41) is 2.71. The average Bonchev–Trinajstić information content (AvgIpc) is 2.43. The lowest BCUT2D eigenvalue weighted by Crippen LogP contribution is -2.14. The third kappa shape index (κ3) is 3.08. The number of hydrogen-bond acceptors (Lipinski definition) is 4. The standard InChI is InChI=1S/C13H12BrN3O2/c1-8-6-11(16-7-10(8)14)17-12(18)9-4-3-5-15-13(9)19-2/h3-7H,1-2H3,(H,16,17,18). The minimum absolute atomic E-state index is 0.286. The summed E-state index contributed by atoms with van der Waals surface area (Å²) >= 11 is 3.36. The minimum Gasteiger partial charge on any atom is -0.480 e. The van der Waals surface area contributed by atoms with Crippen molar-refractivity contribution in [1.82, 2.24) is 9.97 Å². The first-order valence-electron chi connectivity index (χ1n) is 5.54. The molecule has 1 N–H and O–H groups in total. The third-order valence-corrected chi connectivity index (χ3v) is 3.33. The number of ether oxygens (including phenoxy) is 1. The number of amides is 1. The van der Waals surface area contributed by atoms with Crippen molar-refractivity contribution >= 4 is 27.7 Å². The smallest absolute Gasteiger partial charge is 0.262 e. The monoisotopic (exact) mass is 321 g/mol. The molecule has 2 aromatic rings. The molecule has 0 radical (unpaired) electrons. The van der Waals surface area contributed by atoms with Gasteiger partial charge in [-0.25, -0.2) is 9.97 Å². The van der Waals surface area contributed by atoms with Gasteiger partial charge in [-0.2, -0.15) is 0 Å². The predicted molar refractivity (Wildman–Crippen MR) is 75.4 cm³/mol. The quantitative estimate of drug-likeness (QED) is 0.944. The van der Waals surface area contributed by atoms with Gasteiger partial charge in [-0.15, -0.1) is 0 Å². The van der Waals surface area contributed by atoms with E-state index in [2.05, 4.69) is 31.2 Å². The number of hydrogen-bond donors (Lipinski definition) is 1. The molecule has 0 bridgehead atoms. The van der Waals surface area contributed by atoms with E-state index in [4.69, 9.17) is 4.74 Å². The number of anilines is 1. The fourth-order valence-corrected chi connectivity index (χ4v) is 1.73. The van der Waals surface area contributed by atoms with Crippen LogP contribution in [0.15, 0.2) is 35.1 Å². The fraction of sp³-hybridized carbons (Fsp3) is 0.154. The van der Waals surface area contributed by atoms with Gasteiger partial charge in [0, 0.05) is 16.9 Å². The summed E-state index contributed by atoms with van der Waals surface area (Å²) in [6.07, 6.45) is 3.21. The molecule has 2 aromatic heterocycles. The molecule has 1 amide bonds. The van der Waals surface area contributed by atoms with Crippen LogP contribution in [0.25, 0.3) is 0 Å². The number of rotatable bonds is 3. The van der Waals surface area contributed by atoms with Crippen LogP contribution in [-0.2, 0) is 0 Å². The van der Waals surface area contributed by atoms with Gasteiger partial charge in [-0.1, -0.05) is 0 Å². The van der Waals surface area contributed by atoms with Gasteiger partial charge in [-0.3, -0.25) is 4.79 Å². The van der Waals surface area contributed by atoms with E-state index in [0.717, 1.165) is 10.0 Å². The van der Waals surface area contributed by atoms with Crippen LogP contribution in [0.2, 0.25) is 0 Å². The van der Waals surface area contributed by atoms with E-state index in [-0.39, 0.29) is 11.8 Å². The molecule has 0 spiro atoms. The average molecular weight is 322 g/mol. The highest BCUT2D eigenvalue weighted by atomic mass is 79.9. The van der Waals surface area contributed by atoms with Gasteiger partial charge >= 0.3 is 0 Å². The van der Waals surface area contributed by atoms with E-state index >= 15 is 0 Å². The Morgan fingerprint density at radius 2 is 2.21 bits per heavy atom. The first kappa shape index (κ1) is 13.5. The molecule has 0 aliphatic heterocycles. The summed E-state index contributed by atoms with van der Waals surface area (Å²) in [5.41, 5.74) is 1.36. The number of methoxy groups -OCH3 is 1. The Morgan fingerprint density at radius 3 is 2.89 bits per heavy atom. The summed E-state index contributed by atoms with van der Waals surface area (Å²) in [7, 11) is 1.47. The SMILES string of the molecule is COc1ncccc1C(=O)Nc1cc(C)c(Br)cn1. The summed E-state index contributed by atoms with van der Waals surface area (Å²) in [6, 6.07) is 5.11.